The van der Waals surface area contributed by atoms with Gasteiger partial charge in [-0.1, -0.05) is 18.2 Å². The monoisotopic (exact) mass is 289 g/mol. The largest absolute Gasteiger partial charge is 0.508 e. The van der Waals surface area contributed by atoms with Crippen molar-refractivity contribution in [2.75, 3.05) is 5.32 Å². The molecule has 0 aliphatic heterocycles. The molecular formula is C15H19N3O3. The number of aromatic amines is 1. The van der Waals surface area contributed by atoms with E-state index in [-0.39, 0.29) is 23.4 Å². The molecule has 1 heterocycles. The zero-order valence-electron chi connectivity index (χ0n) is 12.3. The summed E-state index contributed by atoms with van der Waals surface area (Å²) in [7, 11) is 0. The molecule has 0 spiro atoms. The van der Waals surface area contributed by atoms with Crippen molar-refractivity contribution in [2.45, 2.75) is 32.9 Å². The Morgan fingerprint density at radius 1 is 1.19 bits per heavy atom. The van der Waals surface area contributed by atoms with E-state index in [1.807, 2.05) is 13.0 Å². The highest BCUT2D eigenvalue weighted by Gasteiger charge is 2.12. The Bertz CT molecular complexity index is 715. The highest BCUT2D eigenvalue weighted by Crippen LogP contribution is 2.25. The van der Waals surface area contributed by atoms with Gasteiger partial charge in [0, 0.05) is 17.7 Å². The molecule has 0 aliphatic rings. The Hall–Kier alpha value is -2.50. The second-order valence-corrected chi connectivity index (χ2v) is 5.21. The zero-order valence-corrected chi connectivity index (χ0v) is 12.3. The summed E-state index contributed by atoms with van der Waals surface area (Å²) in [6.45, 7) is 5.38. The molecule has 2 aromatic rings. The molecule has 0 radical (unpaired) electrons. The van der Waals surface area contributed by atoms with Crippen molar-refractivity contribution in [3.8, 4) is 5.75 Å². The number of phenolic OH excluding ortho intramolecular Hbond substituents is 1. The van der Waals surface area contributed by atoms with Gasteiger partial charge in [-0.15, -0.1) is 0 Å². The molecule has 1 aromatic carbocycles. The summed E-state index contributed by atoms with van der Waals surface area (Å²) in [6, 6.07) is 7.80. The van der Waals surface area contributed by atoms with Crippen LogP contribution in [0, 0.1) is 0 Å². The lowest BCUT2D eigenvalue weighted by Gasteiger charge is -2.17. The van der Waals surface area contributed by atoms with Crippen LogP contribution in [0.2, 0.25) is 0 Å². The maximum Gasteiger partial charge on any atom is 0.330 e. The number of hydrogen-bond donors (Lipinski definition) is 3. The second-order valence-electron chi connectivity index (χ2n) is 5.21. The number of aromatic nitrogens is 2. The molecule has 0 saturated carbocycles. The third kappa shape index (κ3) is 3.16. The number of nitrogens with zero attached hydrogens (tertiary/aromatic N) is 1. The van der Waals surface area contributed by atoms with E-state index in [0.717, 1.165) is 4.57 Å². The van der Waals surface area contributed by atoms with E-state index in [0.29, 0.717) is 11.4 Å². The first-order valence-corrected chi connectivity index (χ1v) is 6.80. The number of nitrogens with one attached hydrogen (secondary N) is 2. The summed E-state index contributed by atoms with van der Waals surface area (Å²) in [5.74, 6) is 0.494. The number of para-hydroxylation sites is 1. The van der Waals surface area contributed by atoms with Crippen LogP contribution >= 0.6 is 0 Å². The molecule has 3 N–H and O–H groups in total. The highest BCUT2D eigenvalue weighted by atomic mass is 16.3. The molecule has 0 amide bonds. The lowest BCUT2D eigenvalue weighted by Crippen LogP contribution is -2.36. The van der Waals surface area contributed by atoms with E-state index < -0.39 is 5.69 Å². The fraction of sp³-hybridized carbons (Fsp3) is 0.333. The number of rotatable bonds is 4. The molecule has 1 atom stereocenters. The summed E-state index contributed by atoms with van der Waals surface area (Å²) < 4.78 is 1.15. The number of phenols is 1. The maximum absolute atomic E-state index is 11.9. The smallest absolute Gasteiger partial charge is 0.330 e. The van der Waals surface area contributed by atoms with Gasteiger partial charge in [0.05, 0.1) is 6.04 Å². The van der Waals surface area contributed by atoms with Crippen molar-refractivity contribution in [3.63, 3.8) is 0 Å². The topological polar surface area (TPSA) is 87.1 Å². The van der Waals surface area contributed by atoms with Crippen LogP contribution in [-0.4, -0.2) is 14.7 Å². The van der Waals surface area contributed by atoms with Crippen molar-refractivity contribution in [3.05, 3.63) is 56.7 Å². The summed E-state index contributed by atoms with van der Waals surface area (Å²) >= 11 is 0. The van der Waals surface area contributed by atoms with Crippen molar-refractivity contribution >= 4 is 5.82 Å². The summed E-state index contributed by atoms with van der Waals surface area (Å²) in [6.07, 6.45) is 0. The van der Waals surface area contributed by atoms with Crippen LogP contribution in [0.25, 0.3) is 0 Å². The number of anilines is 1. The van der Waals surface area contributed by atoms with E-state index in [2.05, 4.69) is 10.3 Å². The van der Waals surface area contributed by atoms with E-state index in [4.69, 9.17) is 0 Å². The van der Waals surface area contributed by atoms with Gasteiger partial charge in [0.2, 0.25) is 0 Å². The van der Waals surface area contributed by atoms with Gasteiger partial charge in [-0.05, 0) is 26.8 Å². The van der Waals surface area contributed by atoms with E-state index >= 15 is 0 Å². The van der Waals surface area contributed by atoms with Gasteiger partial charge in [0.1, 0.15) is 11.6 Å². The van der Waals surface area contributed by atoms with Crippen LogP contribution in [-0.2, 0) is 0 Å². The van der Waals surface area contributed by atoms with Crippen molar-refractivity contribution in [1.29, 1.82) is 0 Å². The van der Waals surface area contributed by atoms with Gasteiger partial charge in [0.25, 0.3) is 5.56 Å². The van der Waals surface area contributed by atoms with Gasteiger partial charge in [-0.2, -0.15) is 0 Å². The van der Waals surface area contributed by atoms with Crippen molar-refractivity contribution < 1.29 is 5.11 Å². The molecule has 0 fully saturated rings. The average Bonchev–Trinajstić information content (AvgIpc) is 2.37. The predicted molar refractivity (Wildman–Crippen MR) is 81.9 cm³/mol. The number of benzene rings is 1. The SMILES string of the molecule is CC(C)n1c(=O)cc(N[C@@H](C)c2ccccc2O)[nH]c1=O. The summed E-state index contributed by atoms with van der Waals surface area (Å²) in [4.78, 5) is 26.5. The molecule has 6 heteroatoms. The van der Waals surface area contributed by atoms with Crippen LogP contribution in [0.3, 0.4) is 0 Å². The Kier molecular flexibility index (Phi) is 4.16. The van der Waals surface area contributed by atoms with Crippen LogP contribution < -0.4 is 16.6 Å². The zero-order chi connectivity index (χ0) is 15.6. The normalized spacial score (nSPS) is 12.4. The summed E-state index contributed by atoms with van der Waals surface area (Å²) in [5.41, 5.74) is -0.128. The predicted octanol–water partition coefficient (Wildman–Crippen LogP) is 2.00. The lowest BCUT2D eigenvalue weighted by molar-refractivity contribution is 0.465. The summed E-state index contributed by atoms with van der Waals surface area (Å²) in [5, 5.41) is 12.8. The third-order valence-corrected chi connectivity index (χ3v) is 3.26. The van der Waals surface area contributed by atoms with E-state index in [1.54, 1.807) is 32.0 Å². The fourth-order valence-electron chi connectivity index (χ4n) is 2.24. The first-order chi connectivity index (χ1) is 9.90. The second kappa shape index (κ2) is 5.87. The Morgan fingerprint density at radius 3 is 2.43 bits per heavy atom. The molecule has 2 rings (SSSR count). The Morgan fingerprint density at radius 2 is 1.86 bits per heavy atom. The number of H-pyrrole nitrogens is 1. The van der Waals surface area contributed by atoms with E-state index in [1.165, 1.54) is 6.07 Å². The van der Waals surface area contributed by atoms with E-state index in [9.17, 15) is 14.7 Å². The minimum atomic E-state index is -0.454. The quantitative estimate of drug-likeness (QED) is 0.803. The number of hydrogen-bond acceptors (Lipinski definition) is 4. The molecule has 6 nitrogen and oxygen atoms in total. The molecule has 0 aliphatic carbocycles. The number of aromatic hydroxyl groups is 1. The van der Waals surface area contributed by atoms with Gasteiger partial charge >= 0.3 is 5.69 Å². The molecule has 1 aromatic heterocycles. The minimum Gasteiger partial charge on any atom is -0.508 e. The maximum atomic E-state index is 11.9. The minimum absolute atomic E-state index is 0.162. The highest BCUT2D eigenvalue weighted by molar-refractivity contribution is 5.41. The molecule has 0 saturated heterocycles. The third-order valence-electron chi connectivity index (χ3n) is 3.26. The lowest BCUT2D eigenvalue weighted by atomic mass is 10.1. The van der Waals surface area contributed by atoms with Crippen LogP contribution in [0.15, 0.2) is 39.9 Å². The van der Waals surface area contributed by atoms with Gasteiger partial charge in [-0.3, -0.25) is 14.3 Å². The first-order valence-electron chi connectivity index (χ1n) is 6.80. The first kappa shape index (κ1) is 14.9. The van der Waals surface area contributed by atoms with Gasteiger partial charge in [-0.25, -0.2) is 4.79 Å². The Balaban J connectivity index is 2.31. The average molecular weight is 289 g/mol. The van der Waals surface area contributed by atoms with Crippen molar-refractivity contribution in [1.82, 2.24) is 9.55 Å². The fourth-order valence-corrected chi connectivity index (χ4v) is 2.24. The van der Waals surface area contributed by atoms with Gasteiger partial charge in [0.15, 0.2) is 0 Å². The van der Waals surface area contributed by atoms with Crippen LogP contribution in [0.1, 0.15) is 38.4 Å². The molecular weight excluding hydrogens is 270 g/mol. The molecule has 0 unspecified atom stereocenters. The Labute approximate surface area is 122 Å². The van der Waals surface area contributed by atoms with Gasteiger partial charge < -0.3 is 10.4 Å². The van der Waals surface area contributed by atoms with Crippen molar-refractivity contribution in [2.24, 2.45) is 0 Å². The molecule has 21 heavy (non-hydrogen) atoms. The molecule has 0 bridgehead atoms. The standard InChI is InChI=1S/C15H19N3O3/c1-9(2)18-14(20)8-13(17-15(18)21)16-10(3)11-6-4-5-7-12(11)19/h4-10,16,19H,1-3H3,(H,17,21)/t10-/m0/s1. The van der Waals surface area contributed by atoms with Crippen LogP contribution in [0.4, 0.5) is 5.82 Å². The molecule has 112 valence electrons. The van der Waals surface area contributed by atoms with Crippen LogP contribution in [0.5, 0.6) is 5.75 Å².